The highest BCUT2D eigenvalue weighted by Crippen LogP contribution is 2.19. The predicted octanol–water partition coefficient (Wildman–Crippen LogP) is 2.53. The number of ether oxygens (including phenoxy) is 1. The summed E-state index contributed by atoms with van der Waals surface area (Å²) in [5.74, 6) is -0.475. The molecule has 0 bridgehead atoms. The molecule has 1 heterocycles. The molecule has 2 rings (SSSR count). The van der Waals surface area contributed by atoms with Gasteiger partial charge in [0.1, 0.15) is 5.75 Å². The van der Waals surface area contributed by atoms with Crippen LogP contribution in [0.2, 0.25) is 0 Å². The van der Waals surface area contributed by atoms with Crippen molar-refractivity contribution < 1.29 is 14.3 Å². The standard InChI is InChI=1S/C16H19N3O3S/c1-10(2)16-19-12(9-23-16)8-17-14(20)15(21)18-11-5-4-6-13(7-11)22-3/h4-7,9-10H,8H2,1-3H3,(H,17,20)(H,18,21). The number of hydrogen-bond donors (Lipinski definition) is 2. The highest BCUT2D eigenvalue weighted by atomic mass is 32.1. The molecule has 0 spiro atoms. The van der Waals surface area contributed by atoms with Gasteiger partial charge in [-0.05, 0) is 12.1 Å². The van der Waals surface area contributed by atoms with Gasteiger partial charge >= 0.3 is 11.8 Å². The molecule has 1 aromatic carbocycles. The SMILES string of the molecule is COc1cccc(NC(=O)C(=O)NCc2csc(C(C)C)n2)c1. The molecule has 1 aromatic heterocycles. The maximum absolute atomic E-state index is 11.9. The summed E-state index contributed by atoms with van der Waals surface area (Å²) in [5, 5.41) is 7.98. The van der Waals surface area contributed by atoms with Crippen LogP contribution in [-0.4, -0.2) is 23.9 Å². The van der Waals surface area contributed by atoms with Crippen LogP contribution < -0.4 is 15.4 Å². The first-order chi connectivity index (χ1) is 11.0. The molecule has 23 heavy (non-hydrogen) atoms. The normalized spacial score (nSPS) is 10.4. The van der Waals surface area contributed by atoms with Crippen molar-refractivity contribution in [2.75, 3.05) is 12.4 Å². The number of anilines is 1. The second-order valence-electron chi connectivity index (χ2n) is 5.20. The Labute approximate surface area is 138 Å². The van der Waals surface area contributed by atoms with Crippen LogP contribution in [0.25, 0.3) is 0 Å². The van der Waals surface area contributed by atoms with E-state index in [4.69, 9.17) is 4.74 Å². The monoisotopic (exact) mass is 333 g/mol. The number of nitrogens with zero attached hydrogens (tertiary/aromatic N) is 1. The Balaban J connectivity index is 1.88. The molecule has 0 saturated heterocycles. The Hall–Kier alpha value is -2.41. The molecule has 2 aromatic rings. The first-order valence-electron chi connectivity index (χ1n) is 7.17. The summed E-state index contributed by atoms with van der Waals surface area (Å²) in [5.41, 5.74) is 1.25. The zero-order valence-electron chi connectivity index (χ0n) is 13.3. The molecule has 6 nitrogen and oxygen atoms in total. The fraction of sp³-hybridized carbons (Fsp3) is 0.312. The molecule has 0 aliphatic carbocycles. The molecular formula is C16H19N3O3S. The van der Waals surface area contributed by atoms with Gasteiger partial charge in [-0.2, -0.15) is 0 Å². The molecule has 0 unspecified atom stereocenters. The number of rotatable bonds is 5. The molecule has 0 fully saturated rings. The maximum Gasteiger partial charge on any atom is 0.313 e. The van der Waals surface area contributed by atoms with Crippen LogP contribution >= 0.6 is 11.3 Å². The van der Waals surface area contributed by atoms with Crippen molar-refractivity contribution in [3.05, 3.63) is 40.3 Å². The van der Waals surface area contributed by atoms with Crippen molar-refractivity contribution in [3.63, 3.8) is 0 Å². The fourth-order valence-corrected chi connectivity index (χ4v) is 2.64. The van der Waals surface area contributed by atoms with E-state index in [1.165, 1.54) is 7.11 Å². The Morgan fingerprint density at radius 3 is 2.74 bits per heavy atom. The van der Waals surface area contributed by atoms with E-state index >= 15 is 0 Å². The molecule has 122 valence electrons. The Kier molecular flexibility index (Phi) is 5.70. The van der Waals surface area contributed by atoms with Crippen molar-refractivity contribution in [1.82, 2.24) is 10.3 Å². The summed E-state index contributed by atoms with van der Waals surface area (Å²) >= 11 is 1.55. The summed E-state index contributed by atoms with van der Waals surface area (Å²) in [6, 6.07) is 6.81. The van der Waals surface area contributed by atoms with Gasteiger partial charge in [-0.15, -0.1) is 11.3 Å². The predicted molar refractivity (Wildman–Crippen MR) is 89.7 cm³/mol. The number of aromatic nitrogens is 1. The van der Waals surface area contributed by atoms with E-state index in [0.717, 1.165) is 10.7 Å². The Bertz CT molecular complexity index is 697. The number of amides is 2. The first-order valence-corrected chi connectivity index (χ1v) is 8.05. The summed E-state index contributed by atoms with van der Waals surface area (Å²) in [6.45, 7) is 4.35. The number of thiazole rings is 1. The zero-order chi connectivity index (χ0) is 16.8. The van der Waals surface area contributed by atoms with Crippen molar-refractivity contribution in [2.24, 2.45) is 0 Å². The van der Waals surface area contributed by atoms with Crippen LogP contribution in [0.3, 0.4) is 0 Å². The largest absolute Gasteiger partial charge is 0.497 e. The summed E-state index contributed by atoms with van der Waals surface area (Å²) < 4.78 is 5.06. The third kappa shape index (κ3) is 4.79. The van der Waals surface area contributed by atoms with Crippen molar-refractivity contribution in [2.45, 2.75) is 26.3 Å². The quantitative estimate of drug-likeness (QED) is 0.824. The molecular weight excluding hydrogens is 314 g/mol. The highest BCUT2D eigenvalue weighted by Gasteiger charge is 2.14. The van der Waals surface area contributed by atoms with E-state index in [-0.39, 0.29) is 6.54 Å². The van der Waals surface area contributed by atoms with Gasteiger partial charge in [-0.1, -0.05) is 19.9 Å². The number of hydrogen-bond acceptors (Lipinski definition) is 5. The number of methoxy groups -OCH3 is 1. The van der Waals surface area contributed by atoms with Crippen LogP contribution in [-0.2, 0) is 16.1 Å². The topological polar surface area (TPSA) is 80.3 Å². The molecule has 0 aliphatic heterocycles. The van der Waals surface area contributed by atoms with Gasteiger partial charge in [0, 0.05) is 23.1 Å². The van der Waals surface area contributed by atoms with Crippen molar-refractivity contribution >= 4 is 28.8 Å². The van der Waals surface area contributed by atoms with Crippen molar-refractivity contribution in [1.29, 1.82) is 0 Å². The number of carbonyl (C=O) groups excluding carboxylic acids is 2. The lowest BCUT2D eigenvalue weighted by molar-refractivity contribution is -0.136. The van der Waals surface area contributed by atoms with E-state index in [2.05, 4.69) is 29.5 Å². The van der Waals surface area contributed by atoms with Gasteiger partial charge in [0.2, 0.25) is 0 Å². The minimum Gasteiger partial charge on any atom is -0.497 e. The van der Waals surface area contributed by atoms with Crippen LogP contribution in [0.15, 0.2) is 29.6 Å². The molecule has 2 N–H and O–H groups in total. The average molecular weight is 333 g/mol. The second-order valence-corrected chi connectivity index (χ2v) is 6.09. The summed E-state index contributed by atoms with van der Waals surface area (Å²) in [6.07, 6.45) is 0. The smallest absolute Gasteiger partial charge is 0.313 e. The zero-order valence-corrected chi connectivity index (χ0v) is 14.1. The van der Waals surface area contributed by atoms with E-state index in [9.17, 15) is 9.59 Å². The van der Waals surface area contributed by atoms with Gasteiger partial charge in [-0.25, -0.2) is 4.98 Å². The summed E-state index contributed by atoms with van der Waals surface area (Å²) in [7, 11) is 1.53. The minimum atomic E-state index is -0.724. The molecule has 0 atom stereocenters. The summed E-state index contributed by atoms with van der Waals surface area (Å²) in [4.78, 5) is 28.1. The minimum absolute atomic E-state index is 0.230. The van der Waals surface area contributed by atoms with E-state index in [1.807, 2.05) is 5.38 Å². The number of nitrogens with one attached hydrogen (secondary N) is 2. The molecule has 2 amide bonds. The third-order valence-electron chi connectivity index (χ3n) is 3.03. The molecule has 0 radical (unpaired) electrons. The average Bonchev–Trinajstić information content (AvgIpc) is 3.02. The molecule has 7 heteroatoms. The van der Waals surface area contributed by atoms with E-state index < -0.39 is 11.8 Å². The third-order valence-corrected chi connectivity index (χ3v) is 4.22. The number of carbonyl (C=O) groups is 2. The van der Waals surface area contributed by atoms with Gasteiger partial charge in [0.15, 0.2) is 0 Å². The van der Waals surface area contributed by atoms with E-state index in [0.29, 0.717) is 17.4 Å². The van der Waals surface area contributed by atoms with Gasteiger partial charge in [0.25, 0.3) is 0 Å². The van der Waals surface area contributed by atoms with Gasteiger partial charge in [-0.3, -0.25) is 9.59 Å². The lowest BCUT2D eigenvalue weighted by Gasteiger charge is -2.07. The van der Waals surface area contributed by atoms with Crippen molar-refractivity contribution in [3.8, 4) is 5.75 Å². The maximum atomic E-state index is 11.9. The second kappa shape index (κ2) is 7.73. The van der Waals surface area contributed by atoms with Gasteiger partial charge in [0.05, 0.1) is 24.4 Å². The Morgan fingerprint density at radius 2 is 2.09 bits per heavy atom. The van der Waals surface area contributed by atoms with E-state index in [1.54, 1.807) is 35.6 Å². The molecule has 0 saturated carbocycles. The van der Waals surface area contributed by atoms with Gasteiger partial charge < -0.3 is 15.4 Å². The number of benzene rings is 1. The first kappa shape index (κ1) is 17.0. The van der Waals surface area contributed by atoms with Crippen LogP contribution in [0.1, 0.15) is 30.5 Å². The highest BCUT2D eigenvalue weighted by molar-refractivity contribution is 7.09. The Morgan fingerprint density at radius 1 is 1.30 bits per heavy atom. The van der Waals surface area contributed by atoms with Crippen LogP contribution in [0.4, 0.5) is 5.69 Å². The fourth-order valence-electron chi connectivity index (χ4n) is 1.81. The lowest BCUT2D eigenvalue weighted by Crippen LogP contribution is -2.35. The molecule has 0 aliphatic rings. The van der Waals surface area contributed by atoms with Crippen LogP contribution in [0, 0.1) is 0 Å². The van der Waals surface area contributed by atoms with Crippen LogP contribution in [0.5, 0.6) is 5.75 Å². The lowest BCUT2D eigenvalue weighted by atomic mass is 10.2.